The first kappa shape index (κ1) is 21.1. The fraction of sp³-hybridized carbons (Fsp3) is 0.524. The topological polar surface area (TPSA) is 84.3 Å². The van der Waals surface area contributed by atoms with Crippen LogP contribution in [-0.2, 0) is 12.7 Å². The van der Waals surface area contributed by atoms with Crippen LogP contribution in [0, 0.1) is 0 Å². The highest BCUT2D eigenvalue weighted by Crippen LogP contribution is 2.38. The molecule has 2 aromatic heterocycles. The molecule has 170 valence electrons. The Bertz CT molecular complexity index is 1070. The summed E-state index contributed by atoms with van der Waals surface area (Å²) in [6, 6.07) is 4.79. The highest BCUT2D eigenvalue weighted by Gasteiger charge is 2.32. The first-order valence-electron chi connectivity index (χ1n) is 10.7. The first-order valence-corrected chi connectivity index (χ1v) is 10.7. The van der Waals surface area contributed by atoms with E-state index in [0.29, 0.717) is 24.2 Å². The van der Waals surface area contributed by atoms with Crippen molar-refractivity contribution < 1.29 is 22.2 Å². The van der Waals surface area contributed by atoms with E-state index < -0.39 is 11.7 Å². The van der Waals surface area contributed by atoms with Crippen LogP contribution < -0.4 is 0 Å². The van der Waals surface area contributed by atoms with Crippen LogP contribution >= 0.6 is 0 Å². The van der Waals surface area contributed by atoms with Gasteiger partial charge in [-0.3, -0.25) is 9.80 Å². The molecule has 11 heteroatoms. The summed E-state index contributed by atoms with van der Waals surface area (Å²) >= 11 is 0. The lowest BCUT2D eigenvalue weighted by Gasteiger charge is -2.36. The number of benzene rings is 1. The molecule has 0 spiro atoms. The van der Waals surface area contributed by atoms with Crippen molar-refractivity contribution in [2.45, 2.75) is 44.4 Å². The molecule has 3 heterocycles. The zero-order valence-corrected chi connectivity index (χ0v) is 17.5. The average molecular weight is 448 g/mol. The standard InChI is InChI=1S/C21H23F3N6O2/c1-13(20-26-19(28-32-20)15-3-2-4-16(11-15)21(22,23)24)30-9-7-29(8-10-30)12-17-25-18(27-31-17)14-5-6-14/h2-4,11,13-14H,5-10,12H2,1H3. The molecule has 1 saturated heterocycles. The monoisotopic (exact) mass is 448 g/mol. The van der Waals surface area contributed by atoms with Crippen LogP contribution in [0.25, 0.3) is 11.4 Å². The van der Waals surface area contributed by atoms with Crippen molar-refractivity contribution in [2.24, 2.45) is 0 Å². The van der Waals surface area contributed by atoms with Gasteiger partial charge >= 0.3 is 6.18 Å². The van der Waals surface area contributed by atoms with Crippen molar-refractivity contribution in [3.63, 3.8) is 0 Å². The minimum Gasteiger partial charge on any atom is -0.338 e. The van der Waals surface area contributed by atoms with Crippen LogP contribution in [0.15, 0.2) is 33.3 Å². The summed E-state index contributed by atoms with van der Waals surface area (Å²) in [5.74, 6) is 2.48. The fourth-order valence-corrected chi connectivity index (χ4v) is 3.85. The Kier molecular flexibility index (Phi) is 5.46. The molecule has 3 aromatic rings. The lowest BCUT2D eigenvalue weighted by atomic mass is 10.1. The molecule has 5 rings (SSSR count). The van der Waals surface area contributed by atoms with E-state index in [0.717, 1.165) is 57.0 Å². The molecular formula is C21H23F3N6O2. The molecule has 0 N–H and O–H groups in total. The zero-order chi connectivity index (χ0) is 22.3. The quantitative estimate of drug-likeness (QED) is 0.562. The molecule has 1 unspecified atom stereocenters. The van der Waals surface area contributed by atoms with E-state index in [1.54, 1.807) is 6.07 Å². The van der Waals surface area contributed by atoms with E-state index in [1.807, 2.05) is 6.92 Å². The highest BCUT2D eigenvalue weighted by molar-refractivity contribution is 5.55. The largest absolute Gasteiger partial charge is 0.416 e. The zero-order valence-electron chi connectivity index (χ0n) is 17.5. The number of alkyl halides is 3. The van der Waals surface area contributed by atoms with Gasteiger partial charge in [0, 0.05) is 37.7 Å². The molecular weight excluding hydrogens is 425 g/mol. The highest BCUT2D eigenvalue weighted by atomic mass is 19.4. The number of hydrogen-bond acceptors (Lipinski definition) is 8. The Morgan fingerprint density at radius 3 is 2.56 bits per heavy atom. The Balaban J connectivity index is 1.18. The molecule has 1 aromatic carbocycles. The summed E-state index contributed by atoms with van der Waals surface area (Å²) in [6.07, 6.45) is -2.14. The smallest absolute Gasteiger partial charge is 0.338 e. The normalized spacial score (nSPS) is 19.4. The summed E-state index contributed by atoms with van der Waals surface area (Å²) in [6.45, 7) is 5.79. The van der Waals surface area contributed by atoms with Gasteiger partial charge in [0.2, 0.25) is 17.6 Å². The van der Waals surface area contributed by atoms with Gasteiger partial charge in [-0.05, 0) is 31.9 Å². The van der Waals surface area contributed by atoms with Crippen LogP contribution in [0.3, 0.4) is 0 Å². The minimum atomic E-state index is -4.42. The van der Waals surface area contributed by atoms with Crippen LogP contribution in [0.2, 0.25) is 0 Å². The number of hydrogen-bond donors (Lipinski definition) is 0. The lowest BCUT2D eigenvalue weighted by Crippen LogP contribution is -2.46. The second-order valence-corrected chi connectivity index (χ2v) is 8.34. The van der Waals surface area contributed by atoms with Crippen LogP contribution in [0.1, 0.15) is 54.9 Å². The van der Waals surface area contributed by atoms with Gasteiger partial charge in [0.1, 0.15) is 0 Å². The average Bonchev–Trinajstić information content (AvgIpc) is 3.32. The van der Waals surface area contributed by atoms with Gasteiger partial charge in [-0.25, -0.2) is 0 Å². The van der Waals surface area contributed by atoms with Gasteiger partial charge in [0.15, 0.2) is 5.82 Å². The van der Waals surface area contributed by atoms with E-state index in [9.17, 15) is 13.2 Å². The number of aromatic nitrogens is 4. The molecule has 32 heavy (non-hydrogen) atoms. The number of rotatable bonds is 6. The fourth-order valence-electron chi connectivity index (χ4n) is 3.85. The molecule has 0 bridgehead atoms. The van der Waals surface area contributed by atoms with E-state index in [4.69, 9.17) is 9.05 Å². The third-order valence-electron chi connectivity index (χ3n) is 5.99. The Morgan fingerprint density at radius 1 is 1.06 bits per heavy atom. The van der Waals surface area contributed by atoms with Gasteiger partial charge in [0.25, 0.3) is 0 Å². The Hall–Kier alpha value is -2.79. The maximum atomic E-state index is 13.0. The van der Waals surface area contributed by atoms with Gasteiger partial charge in [0.05, 0.1) is 18.2 Å². The molecule has 2 aliphatic rings. The van der Waals surface area contributed by atoms with E-state index in [1.165, 1.54) is 6.07 Å². The Morgan fingerprint density at radius 2 is 1.84 bits per heavy atom. The molecule has 1 aliphatic heterocycles. The van der Waals surface area contributed by atoms with Gasteiger partial charge in [-0.15, -0.1) is 0 Å². The summed E-state index contributed by atoms with van der Waals surface area (Å²) in [5.41, 5.74) is -0.465. The predicted octanol–water partition coefficient (Wildman–Crippen LogP) is 3.89. The molecule has 0 amide bonds. The SMILES string of the molecule is CC(c1nc(-c2cccc(C(F)(F)F)c2)no1)N1CCN(Cc2nc(C3CC3)no2)CC1. The number of halogens is 3. The van der Waals surface area contributed by atoms with E-state index >= 15 is 0 Å². The Labute approximate surface area is 182 Å². The summed E-state index contributed by atoms with van der Waals surface area (Å²) < 4.78 is 49.7. The van der Waals surface area contributed by atoms with Crippen molar-refractivity contribution >= 4 is 0 Å². The van der Waals surface area contributed by atoms with E-state index in [-0.39, 0.29) is 17.4 Å². The summed E-state index contributed by atoms with van der Waals surface area (Å²) in [7, 11) is 0. The van der Waals surface area contributed by atoms with Crippen molar-refractivity contribution in [3.05, 3.63) is 47.4 Å². The molecule has 1 atom stereocenters. The van der Waals surface area contributed by atoms with E-state index in [2.05, 4.69) is 30.1 Å². The number of nitrogens with zero attached hydrogens (tertiary/aromatic N) is 6. The molecule has 0 radical (unpaired) electrons. The molecule has 1 aliphatic carbocycles. The van der Waals surface area contributed by atoms with Crippen LogP contribution in [0.5, 0.6) is 0 Å². The van der Waals surface area contributed by atoms with Crippen molar-refractivity contribution in [1.82, 2.24) is 30.1 Å². The van der Waals surface area contributed by atoms with Crippen LogP contribution in [-0.4, -0.2) is 56.3 Å². The second kappa shape index (κ2) is 8.28. The van der Waals surface area contributed by atoms with Crippen molar-refractivity contribution in [3.8, 4) is 11.4 Å². The third-order valence-corrected chi connectivity index (χ3v) is 5.99. The van der Waals surface area contributed by atoms with Crippen LogP contribution in [0.4, 0.5) is 13.2 Å². The second-order valence-electron chi connectivity index (χ2n) is 8.34. The summed E-state index contributed by atoms with van der Waals surface area (Å²) in [4.78, 5) is 13.3. The maximum Gasteiger partial charge on any atom is 0.416 e. The summed E-state index contributed by atoms with van der Waals surface area (Å²) in [5, 5.41) is 7.96. The van der Waals surface area contributed by atoms with Gasteiger partial charge in [-0.2, -0.15) is 23.1 Å². The minimum absolute atomic E-state index is 0.144. The first-order chi connectivity index (χ1) is 15.4. The molecule has 8 nitrogen and oxygen atoms in total. The molecule has 2 fully saturated rings. The van der Waals surface area contributed by atoms with Crippen molar-refractivity contribution in [1.29, 1.82) is 0 Å². The predicted molar refractivity (Wildman–Crippen MR) is 106 cm³/mol. The van der Waals surface area contributed by atoms with Crippen molar-refractivity contribution in [2.75, 3.05) is 26.2 Å². The lowest BCUT2D eigenvalue weighted by molar-refractivity contribution is -0.137. The van der Waals surface area contributed by atoms with Gasteiger partial charge < -0.3 is 9.05 Å². The maximum absolute atomic E-state index is 13.0. The molecule has 1 saturated carbocycles. The number of piperazine rings is 1. The third kappa shape index (κ3) is 4.53. The van der Waals surface area contributed by atoms with Gasteiger partial charge in [-0.1, -0.05) is 22.4 Å².